The molecule has 0 unspecified atom stereocenters. The van der Waals surface area contributed by atoms with Gasteiger partial charge in [-0.2, -0.15) is 0 Å². The lowest BCUT2D eigenvalue weighted by Crippen LogP contribution is -2.48. The molecule has 0 aromatic heterocycles. The van der Waals surface area contributed by atoms with Crippen LogP contribution >= 0.6 is 0 Å². The molecule has 1 N–H and O–H groups in total. The highest BCUT2D eigenvalue weighted by atomic mass is 16.3. The lowest BCUT2D eigenvalue weighted by atomic mass is 10.2. The Hall–Kier alpha value is -0.120. The molecular weight excluding hydrogens is 176 g/mol. The Bertz CT molecular complexity index is 133. The van der Waals surface area contributed by atoms with Gasteiger partial charge in [-0.3, -0.25) is 4.90 Å². The van der Waals surface area contributed by atoms with E-state index in [1.54, 1.807) is 0 Å². The molecule has 0 saturated carbocycles. The van der Waals surface area contributed by atoms with Gasteiger partial charge < -0.3 is 10.0 Å². The number of piperazine rings is 1. The zero-order chi connectivity index (χ0) is 10.6. The van der Waals surface area contributed by atoms with Crippen molar-refractivity contribution in [1.29, 1.82) is 0 Å². The van der Waals surface area contributed by atoms with Crippen LogP contribution in [0, 0.1) is 5.92 Å². The molecule has 0 radical (unpaired) electrons. The first-order valence-electron chi connectivity index (χ1n) is 5.70. The van der Waals surface area contributed by atoms with Crippen LogP contribution in [-0.2, 0) is 0 Å². The maximum Gasteiger partial charge on any atom is 0.0639 e. The van der Waals surface area contributed by atoms with E-state index in [1.165, 1.54) is 6.54 Å². The van der Waals surface area contributed by atoms with Crippen LogP contribution in [0.5, 0.6) is 0 Å². The largest absolute Gasteiger partial charge is 0.392 e. The van der Waals surface area contributed by atoms with Crippen molar-refractivity contribution in [2.24, 2.45) is 5.92 Å². The van der Waals surface area contributed by atoms with Gasteiger partial charge in [0.25, 0.3) is 0 Å². The van der Waals surface area contributed by atoms with Gasteiger partial charge in [0.2, 0.25) is 0 Å². The number of nitrogens with zero attached hydrogens (tertiary/aromatic N) is 2. The van der Waals surface area contributed by atoms with E-state index in [-0.39, 0.29) is 6.10 Å². The first-order valence-corrected chi connectivity index (χ1v) is 5.70. The second-order valence-corrected chi connectivity index (χ2v) is 4.84. The molecule has 0 aromatic carbocycles. The summed E-state index contributed by atoms with van der Waals surface area (Å²) in [5.41, 5.74) is 0. The van der Waals surface area contributed by atoms with Crippen LogP contribution < -0.4 is 0 Å². The van der Waals surface area contributed by atoms with Gasteiger partial charge in [-0.1, -0.05) is 13.8 Å². The normalized spacial score (nSPS) is 22.9. The molecule has 0 aliphatic carbocycles. The second-order valence-electron chi connectivity index (χ2n) is 4.84. The minimum atomic E-state index is -0.188. The Balaban J connectivity index is 2.17. The van der Waals surface area contributed by atoms with Crippen LogP contribution in [-0.4, -0.2) is 60.3 Å². The summed E-state index contributed by atoms with van der Waals surface area (Å²) in [7, 11) is 0. The zero-order valence-corrected chi connectivity index (χ0v) is 9.74. The molecule has 3 heteroatoms. The van der Waals surface area contributed by atoms with E-state index in [0.29, 0.717) is 0 Å². The number of rotatable bonds is 4. The van der Waals surface area contributed by atoms with E-state index >= 15 is 0 Å². The number of aliphatic hydroxyl groups excluding tert-OH is 1. The highest BCUT2D eigenvalue weighted by molar-refractivity contribution is 4.73. The molecule has 84 valence electrons. The van der Waals surface area contributed by atoms with E-state index in [0.717, 1.165) is 38.6 Å². The fourth-order valence-corrected chi connectivity index (χ4v) is 2.04. The van der Waals surface area contributed by atoms with Gasteiger partial charge >= 0.3 is 0 Å². The summed E-state index contributed by atoms with van der Waals surface area (Å²) in [6.45, 7) is 13.0. The monoisotopic (exact) mass is 200 g/mol. The van der Waals surface area contributed by atoms with Crippen LogP contribution in [0.25, 0.3) is 0 Å². The van der Waals surface area contributed by atoms with Gasteiger partial charge in [0.15, 0.2) is 0 Å². The van der Waals surface area contributed by atoms with Crippen molar-refractivity contribution in [3.8, 4) is 0 Å². The molecule has 0 aromatic rings. The summed E-state index contributed by atoms with van der Waals surface area (Å²) < 4.78 is 0. The Morgan fingerprint density at radius 2 is 1.36 bits per heavy atom. The lowest BCUT2D eigenvalue weighted by Gasteiger charge is -2.35. The first kappa shape index (κ1) is 12.0. The van der Waals surface area contributed by atoms with Gasteiger partial charge in [0.1, 0.15) is 0 Å². The van der Waals surface area contributed by atoms with Crippen molar-refractivity contribution in [3.63, 3.8) is 0 Å². The van der Waals surface area contributed by atoms with Gasteiger partial charge in [-0.25, -0.2) is 0 Å². The third-order valence-electron chi connectivity index (χ3n) is 2.61. The standard InChI is InChI=1S/C11H24N2O/c1-10(2)8-12-4-6-13(7-5-12)9-11(3)14/h10-11,14H,4-9H2,1-3H3/t11-/m1/s1. The maximum atomic E-state index is 9.26. The topological polar surface area (TPSA) is 26.7 Å². The van der Waals surface area contributed by atoms with Crippen molar-refractivity contribution in [3.05, 3.63) is 0 Å². The van der Waals surface area contributed by atoms with E-state index in [9.17, 15) is 5.11 Å². The van der Waals surface area contributed by atoms with Gasteiger partial charge in [0, 0.05) is 39.3 Å². The first-order chi connectivity index (χ1) is 6.58. The summed E-state index contributed by atoms with van der Waals surface area (Å²) in [5.74, 6) is 0.762. The predicted octanol–water partition coefficient (Wildman–Crippen LogP) is 0.641. The van der Waals surface area contributed by atoms with Gasteiger partial charge in [0.05, 0.1) is 6.10 Å². The molecule has 0 spiro atoms. The summed E-state index contributed by atoms with van der Waals surface area (Å²) >= 11 is 0. The van der Waals surface area contributed by atoms with Crippen molar-refractivity contribution in [2.45, 2.75) is 26.9 Å². The molecule has 1 aliphatic heterocycles. The molecule has 1 fully saturated rings. The molecule has 3 nitrogen and oxygen atoms in total. The van der Waals surface area contributed by atoms with Crippen molar-refractivity contribution in [2.75, 3.05) is 39.3 Å². The smallest absolute Gasteiger partial charge is 0.0639 e. The number of β-amino-alcohol motifs (C(OH)–C–C–N with tert-alkyl or cyclic N) is 1. The number of aliphatic hydroxyl groups is 1. The fourth-order valence-electron chi connectivity index (χ4n) is 2.04. The molecular formula is C11H24N2O. The number of hydrogen-bond donors (Lipinski definition) is 1. The van der Waals surface area contributed by atoms with E-state index < -0.39 is 0 Å². The Labute approximate surface area is 87.7 Å². The highest BCUT2D eigenvalue weighted by Crippen LogP contribution is 2.05. The minimum absolute atomic E-state index is 0.188. The third-order valence-corrected chi connectivity index (χ3v) is 2.61. The van der Waals surface area contributed by atoms with Crippen LogP contribution in [0.1, 0.15) is 20.8 Å². The third kappa shape index (κ3) is 4.40. The summed E-state index contributed by atoms with van der Waals surface area (Å²) in [4.78, 5) is 4.87. The quantitative estimate of drug-likeness (QED) is 0.721. The average molecular weight is 200 g/mol. The van der Waals surface area contributed by atoms with Crippen molar-refractivity contribution in [1.82, 2.24) is 9.80 Å². The molecule has 0 amide bonds. The molecule has 1 atom stereocenters. The second kappa shape index (κ2) is 5.69. The zero-order valence-electron chi connectivity index (χ0n) is 9.74. The highest BCUT2D eigenvalue weighted by Gasteiger charge is 2.17. The van der Waals surface area contributed by atoms with E-state index in [1.807, 2.05) is 6.92 Å². The Morgan fingerprint density at radius 3 is 1.71 bits per heavy atom. The maximum absolute atomic E-state index is 9.26. The van der Waals surface area contributed by atoms with Crippen LogP contribution in [0.15, 0.2) is 0 Å². The fraction of sp³-hybridized carbons (Fsp3) is 1.00. The Morgan fingerprint density at radius 1 is 0.929 bits per heavy atom. The van der Waals surface area contributed by atoms with Gasteiger partial charge in [-0.05, 0) is 12.8 Å². The molecule has 0 bridgehead atoms. The van der Waals surface area contributed by atoms with Gasteiger partial charge in [-0.15, -0.1) is 0 Å². The van der Waals surface area contributed by atoms with Crippen LogP contribution in [0.3, 0.4) is 0 Å². The molecule has 1 saturated heterocycles. The lowest BCUT2D eigenvalue weighted by molar-refractivity contribution is 0.0764. The van der Waals surface area contributed by atoms with E-state index in [4.69, 9.17) is 0 Å². The van der Waals surface area contributed by atoms with Crippen LogP contribution in [0.4, 0.5) is 0 Å². The molecule has 1 aliphatic rings. The average Bonchev–Trinajstić information content (AvgIpc) is 2.06. The molecule has 1 rings (SSSR count). The van der Waals surface area contributed by atoms with Crippen molar-refractivity contribution < 1.29 is 5.11 Å². The summed E-state index contributed by atoms with van der Waals surface area (Å²) in [6, 6.07) is 0. The van der Waals surface area contributed by atoms with Crippen LogP contribution in [0.2, 0.25) is 0 Å². The Kier molecular flexibility index (Phi) is 4.85. The minimum Gasteiger partial charge on any atom is -0.392 e. The van der Waals surface area contributed by atoms with E-state index in [2.05, 4.69) is 23.6 Å². The molecule has 14 heavy (non-hydrogen) atoms. The summed E-state index contributed by atoms with van der Waals surface area (Å²) in [5, 5.41) is 9.26. The summed E-state index contributed by atoms with van der Waals surface area (Å²) in [6.07, 6.45) is -0.188. The number of hydrogen-bond acceptors (Lipinski definition) is 3. The van der Waals surface area contributed by atoms with Crippen molar-refractivity contribution >= 4 is 0 Å². The SMILES string of the molecule is CC(C)CN1CCN(C[C@@H](C)O)CC1. The predicted molar refractivity (Wildman–Crippen MR) is 59.4 cm³/mol. The molecule has 1 heterocycles.